The SMILES string of the molecule is Cc1cc(C(N)CCc2cccs2)sc1C. The van der Waals surface area contributed by atoms with Crippen LogP contribution in [0.1, 0.15) is 32.7 Å². The molecule has 1 nitrogen and oxygen atoms in total. The van der Waals surface area contributed by atoms with Gasteiger partial charge in [-0.2, -0.15) is 0 Å². The summed E-state index contributed by atoms with van der Waals surface area (Å²) in [5.41, 5.74) is 7.58. The number of hydrogen-bond acceptors (Lipinski definition) is 3. The molecule has 3 heteroatoms. The third-order valence-corrected chi connectivity index (χ3v) is 5.05. The molecule has 0 saturated carbocycles. The van der Waals surface area contributed by atoms with Crippen molar-refractivity contribution in [2.75, 3.05) is 0 Å². The van der Waals surface area contributed by atoms with E-state index in [1.807, 2.05) is 22.7 Å². The molecule has 0 amide bonds. The van der Waals surface area contributed by atoms with E-state index in [0.29, 0.717) is 0 Å². The Hall–Kier alpha value is -0.640. The minimum Gasteiger partial charge on any atom is -0.323 e. The predicted octanol–water partition coefficient (Wildman–Crippen LogP) is 4.06. The molecule has 0 spiro atoms. The molecule has 0 aliphatic heterocycles. The van der Waals surface area contributed by atoms with E-state index in [2.05, 4.69) is 37.4 Å². The summed E-state index contributed by atoms with van der Waals surface area (Å²) < 4.78 is 0. The van der Waals surface area contributed by atoms with Crippen LogP contribution in [0, 0.1) is 13.8 Å². The summed E-state index contributed by atoms with van der Waals surface area (Å²) in [6, 6.07) is 6.71. The maximum atomic E-state index is 6.21. The van der Waals surface area contributed by atoms with Crippen LogP contribution in [0.5, 0.6) is 0 Å². The zero-order valence-corrected chi connectivity index (χ0v) is 11.3. The summed E-state index contributed by atoms with van der Waals surface area (Å²) in [4.78, 5) is 4.15. The Kier molecular flexibility index (Phi) is 3.79. The highest BCUT2D eigenvalue weighted by Crippen LogP contribution is 2.28. The van der Waals surface area contributed by atoms with Gasteiger partial charge >= 0.3 is 0 Å². The first-order valence-corrected chi connectivity index (χ1v) is 7.21. The van der Waals surface area contributed by atoms with Crippen molar-refractivity contribution in [3.8, 4) is 0 Å². The monoisotopic (exact) mass is 251 g/mol. The van der Waals surface area contributed by atoms with E-state index in [1.165, 1.54) is 20.2 Å². The van der Waals surface area contributed by atoms with Crippen molar-refractivity contribution in [3.05, 3.63) is 43.8 Å². The summed E-state index contributed by atoms with van der Waals surface area (Å²) in [6.45, 7) is 4.32. The van der Waals surface area contributed by atoms with Crippen LogP contribution in [-0.4, -0.2) is 0 Å². The van der Waals surface area contributed by atoms with E-state index < -0.39 is 0 Å². The van der Waals surface area contributed by atoms with Crippen LogP contribution in [0.4, 0.5) is 0 Å². The smallest absolute Gasteiger partial charge is 0.0393 e. The Morgan fingerprint density at radius 3 is 2.75 bits per heavy atom. The van der Waals surface area contributed by atoms with Gasteiger partial charge < -0.3 is 5.73 Å². The fourth-order valence-corrected chi connectivity index (χ4v) is 3.48. The van der Waals surface area contributed by atoms with Crippen molar-refractivity contribution in [2.24, 2.45) is 5.73 Å². The lowest BCUT2D eigenvalue weighted by molar-refractivity contribution is 0.666. The van der Waals surface area contributed by atoms with Crippen molar-refractivity contribution < 1.29 is 0 Å². The summed E-state index contributed by atoms with van der Waals surface area (Å²) in [5, 5.41) is 2.13. The zero-order chi connectivity index (χ0) is 11.5. The van der Waals surface area contributed by atoms with Crippen LogP contribution in [0.2, 0.25) is 0 Å². The molecule has 1 unspecified atom stereocenters. The Morgan fingerprint density at radius 2 is 2.19 bits per heavy atom. The average molecular weight is 251 g/mol. The van der Waals surface area contributed by atoms with Crippen LogP contribution in [0.15, 0.2) is 23.6 Å². The van der Waals surface area contributed by atoms with Crippen molar-refractivity contribution >= 4 is 22.7 Å². The highest BCUT2D eigenvalue weighted by atomic mass is 32.1. The lowest BCUT2D eigenvalue weighted by Crippen LogP contribution is -2.09. The number of aryl methyl sites for hydroxylation is 3. The van der Waals surface area contributed by atoms with Gasteiger partial charge in [-0.25, -0.2) is 0 Å². The summed E-state index contributed by atoms with van der Waals surface area (Å²) in [6.07, 6.45) is 2.13. The third kappa shape index (κ3) is 2.73. The van der Waals surface area contributed by atoms with Gasteiger partial charge in [0.15, 0.2) is 0 Å². The van der Waals surface area contributed by atoms with Crippen LogP contribution in [-0.2, 0) is 6.42 Å². The van der Waals surface area contributed by atoms with Crippen LogP contribution >= 0.6 is 22.7 Å². The molecule has 0 fully saturated rings. The lowest BCUT2D eigenvalue weighted by atomic mass is 10.1. The molecule has 16 heavy (non-hydrogen) atoms. The van der Waals surface area contributed by atoms with E-state index in [0.717, 1.165) is 12.8 Å². The first-order chi connectivity index (χ1) is 7.66. The lowest BCUT2D eigenvalue weighted by Gasteiger charge is -2.07. The summed E-state index contributed by atoms with van der Waals surface area (Å²) >= 11 is 3.65. The van der Waals surface area contributed by atoms with E-state index in [1.54, 1.807) is 0 Å². The molecule has 2 N–H and O–H groups in total. The van der Waals surface area contributed by atoms with E-state index in [4.69, 9.17) is 5.73 Å². The maximum Gasteiger partial charge on any atom is 0.0393 e. The van der Waals surface area contributed by atoms with Gasteiger partial charge in [0.1, 0.15) is 0 Å². The average Bonchev–Trinajstić information content (AvgIpc) is 2.86. The zero-order valence-electron chi connectivity index (χ0n) is 9.69. The van der Waals surface area contributed by atoms with Crippen molar-refractivity contribution in [3.63, 3.8) is 0 Å². The second-order valence-corrected chi connectivity index (χ2v) is 6.43. The minimum atomic E-state index is 0.194. The van der Waals surface area contributed by atoms with Gasteiger partial charge in [-0.15, -0.1) is 22.7 Å². The molecular weight excluding hydrogens is 234 g/mol. The van der Waals surface area contributed by atoms with Crippen molar-refractivity contribution in [2.45, 2.75) is 32.7 Å². The van der Waals surface area contributed by atoms with Gasteiger partial charge in [-0.05, 0) is 49.8 Å². The second-order valence-electron chi connectivity index (χ2n) is 4.11. The molecule has 0 saturated heterocycles. The van der Waals surface area contributed by atoms with Crippen LogP contribution in [0.3, 0.4) is 0 Å². The van der Waals surface area contributed by atoms with Crippen LogP contribution in [0.25, 0.3) is 0 Å². The standard InChI is InChI=1S/C13H17NS2/c1-9-8-13(16-10(9)2)12(14)6-5-11-4-3-7-15-11/h3-4,7-8,12H,5-6,14H2,1-2H3. The largest absolute Gasteiger partial charge is 0.323 e. The molecular formula is C13H17NS2. The molecule has 0 aliphatic rings. The Bertz CT molecular complexity index is 423. The summed E-state index contributed by atoms with van der Waals surface area (Å²) in [5.74, 6) is 0. The van der Waals surface area contributed by atoms with Gasteiger partial charge in [0.2, 0.25) is 0 Å². The topological polar surface area (TPSA) is 26.0 Å². The van der Waals surface area contributed by atoms with Crippen molar-refractivity contribution in [1.29, 1.82) is 0 Å². The molecule has 0 aromatic carbocycles. The molecule has 2 aromatic rings. The molecule has 2 aromatic heterocycles. The highest BCUT2D eigenvalue weighted by Gasteiger charge is 2.10. The van der Waals surface area contributed by atoms with Gasteiger partial charge in [-0.1, -0.05) is 6.07 Å². The van der Waals surface area contributed by atoms with Gasteiger partial charge in [-0.3, -0.25) is 0 Å². The third-order valence-electron chi connectivity index (χ3n) is 2.83. The predicted molar refractivity (Wildman–Crippen MR) is 73.4 cm³/mol. The van der Waals surface area contributed by atoms with Gasteiger partial charge in [0, 0.05) is 20.7 Å². The fraction of sp³-hybridized carbons (Fsp3) is 0.385. The normalized spacial score (nSPS) is 12.9. The number of thiophene rings is 2. The first kappa shape index (κ1) is 11.8. The van der Waals surface area contributed by atoms with Gasteiger partial charge in [0.05, 0.1) is 0 Å². The van der Waals surface area contributed by atoms with E-state index >= 15 is 0 Å². The number of hydrogen-bond donors (Lipinski definition) is 1. The minimum absolute atomic E-state index is 0.194. The first-order valence-electron chi connectivity index (χ1n) is 5.51. The van der Waals surface area contributed by atoms with Crippen LogP contribution < -0.4 is 5.73 Å². The molecule has 2 heterocycles. The molecule has 0 bridgehead atoms. The Morgan fingerprint density at radius 1 is 1.38 bits per heavy atom. The van der Waals surface area contributed by atoms with E-state index in [9.17, 15) is 0 Å². The second kappa shape index (κ2) is 5.13. The maximum absolute atomic E-state index is 6.21. The Balaban J connectivity index is 1.95. The Labute approximate surface area is 105 Å². The van der Waals surface area contributed by atoms with E-state index in [-0.39, 0.29) is 6.04 Å². The number of rotatable bonds is 4. The fourth-order valence-electron chi connectivity index (χ4n) is 1.68. The highest BCUT2D eigenvalue weighted by molar-refractivity contribution is 7.12. The molecule has 0 radical (unpaired) electrons. The van der Waals surface area contributed by atoms with Gasteiger partial charge in [0.25, 0.3) is 0 Å². The quantitative estimate of drug-likeness (QED) is 0.871. The summed E-state index contributed by atoms with van der Waals surface area (Å²) in [7, 11) is 0. The molecule has 2 rings (SSSR count). The molecule has 1 atom stereocenters. The molecule has 0 aliphatic carbocycles. The molecule has 86 valence electrons. The van der Waals surface area contributed by atoms with Crippen molar-refractivity contribution in [1.82, 2.24) is 0 Å². The number of nitrogens with two attached hydrogens (primary N) is 1.